The number of hydrogen-bond donors (Lipinski definition) is 1. The Morgan fingerprint density at radius 3 is 2.61 bits per heavy atom. The summed E-state index contributed by atoms with van der Waals surface area (Å²) in [7, 11) is 0. The first-order chi connectivity index (χ1) is 15.3. The number of rotatable bonds is 6. The lowest BCUT2D eigenvalue weighted by Gasteiger charge is -2.21. The van der Waals surface area contributed by atoms with E-state index in [1.54, 1.807) is 0 Å². The van der Waals surface area contributed by atoms with Gasteiger partial charge >= 0.3 is 0 Å². The van der Waals surface area contributed by atoms with Gasteiger partial charge in [-0.3, -0.25) is 4.79 Å². The Morgan fingerprint density at radius 1 is 0.903 bits per heavy atom. The number of para-hydroxylation sites is 3. The second-order valence-electron chi connectivity index (χ2n) is 7.13. The lowest BCUT2D eigenvalue weighted by molar-refractivity contribution is 0.0921. The van der Waals surface area contributed by atoms with E-state index in [0.29, 0.717) is 42.4 Å². The third kappa shape index (κ3) is 3.92. The minimum atomic E-state index is -0.308. The molecular weight excluding hydrogens is 394 g/mol. The average Bonchev–Trinajstić information content (AvgIpc) is 3.20. The van der Waals surface area contributed by atoms with Crippen LogP contribution in [0.1, 0.15) is 21.7 Å². The van der Waals surface area contributed by atoms with E-state index in [2.05, 4.69) is 5.32 Å². The van der Waals surface area contributed by atoms with Crippen molar-refractivity contribution in [2.45, 2.75) is 13.2 Å². The van der Waals surface area contributed by atoms with E-state index < -0.39 is 0 Å². The molecule has 0 saturated carbocycles. The zero-order valence-corrected chi connectivity index (χ0v) is 16.8. The summed E-state index contributed by atoms with van der Waals surface area (Å²) in [4.78, 5) is 13.1. The van der Waals surface area contributed by atoms with Crippen LogP contribution in [0, 0.1) is 0 Å². The van der Waals surface area contributed by atoms with Crippen molar-refractivity contribution in [3.05, 3.63) is 89.7 Å². The molecule has 1 aliphatic heterocycles. The third-order valence-corrected chi connectivity index (χ3v) is 5.12. The van der Waals surface area contributed by atoms with Crippen LogP contribution in [0.5, 0.6) is 17.2 Å². The predicted octanol–water partition coefficient (Wildman–Crippen LogP) is 4.71. The molecule has 1 amide bonds. The van der Waals surface area contributed by atoms with E-state index in [4.69, 9.17) is 18.6 Å². The Bertz CT molecular complexity index is 1220. The average molecular weight is 415 g/mol. The largest absolute Gasteiger partial charge is 0.489 e. The highest BCUT2D eigenvalue weighted by atomic mass is 16.6. The Balaban J connectivity index is 1.38. The Kier molecular flexibility index (Phi) is 5.19. The summed E-state index contributed by atoms with van der Waals surface area (Å²) in [6.07, 6.45) is 0. The molecule has 1 N–H and O–H groups in total. The predicted molar refractivity (Wildman–Crippen MR) is 116 cm³/mol. The molecule has 0 bridgehead atoms. The number of ether oxygens (including phenoxy) is 3. The summed E-state index contributed by atoms with van der Waals surface area (Å²) in [6.45, 7) is 1.53. The maximum Gasteiger partial charge on any atom is 0.287 e. The fourth-order valence-electron chi connectivity index (χ4n) is 3.63. The molecule has 5 rings (SSSR count). The standard InChI is InChI=1S/C25H21NO5/c27-25(26-15-17-7-6-12-22-23(17)29-14-13-28-22)24-20(16-30-18-8-2-1-3-9-18)19-10-4-5-11-21(19)31-24/h1-12H,13-16H2,(H,26,27). The fourth-order valence-corrected chi connectivity index (χ4v) is 3.63. The number of benzene rings is 3. The van der Waals surface area contributed by atoms with Crippen molar-refractivity contribution in [2.75, 3.05) is 13.2 Å². The number of carbonyl (C=O) groups excluding carboxylic acids is 1. The van der Waals surface area contributed by atoms with Gasteiger partial charge in [0.1, 0.15) is 31.2 Å². The fraction of sp³-hybridized carbons (Fsp3) is 0.160. The van der Waals surface area contributed by atoms with Gasteiger partial charge < -0.3 is 23.9 Å². The second-order valence-corrected chi connectivity index (χ2v) is 7.13. The van der Waals surface area contributed by atoms with Crippen LogP contribution in [0.15, 0.2) is 77.2 Å². The lowest BCUT2D eigenvalue weighted by atomic mass is 10.1. The van der Waals surface area contributed by atoms with Crippen molar-refractivity contribution in [3.63, 3.8) is 0 Å². The Hall–Kier alpha value is -3.93. The summed E-state index contributed by atoms with van der Waals surface area (Å²) in [5, 5.41) is 3.80. The van der Waals surface area contributed by atoms with Gasteiger partial charge in [-0.05, 0) is 24.3 Å². The van der Waals surface area contributed by atoms with Crippen molar-refractivity contribution in [1.29, 1.82) is 0 Å². The van der Waals surface area contributed by atoms with E-state index in [0.717, 1.165) is 16.7 Å². The van der Waals surface area contributed by atoms with Crippen molar-refractivity contribution >= 4 is 16.9 Å². The van der Waals surface area contributed by atoms with Crippen molar-refractivity contribution < 1.29 is 23.4 Å². The topological polar surface area (TPSA) is 69.9 Å². The maximum absolute atomic E-state index is 13.1. The molecule has 0 atom stereocenters. The molecule has 6 heteroatoms. The van der Waals surface area contributed by atoms with E-state index in [1.165, 1.54) is 0 Å². The van der Waals surface area contributed by atoms with Crippen LogP contribution in [0.25, 0.3) is 11.0 Å². The maximum atomic E-state index is 13.1. The number of carbonyl (C=O) groups is 1. The molecule has 0 radical (unpaired) electrons. The molecule has 4 aromatic rings. The van der Waals surface area contributed by atoms with Crippen LogP contribution in [-0.2, 0) is 13.2 Å². The molecule has 0 aliphatic carbocycles. The number of fused-ring (bicyclic) bond motifs is 2. The normalized spacial score (nSPS) is 12.5. The van der Waals surface area contributed by atoms with Crippen LogP contribution < -0.4 is 19.5 Å². The SMILES string of the molecule is O=C(NCc1cccc2c1OCCO2)c1oc2ccccc2c1COc1ccccc1. The Morgan fingerprint density at radius 2 is 1.71 bits per heavy atom. The zero-order chi connectivity index (χ0) is 21.0. The molecule has 2 heterocycles. The summed E-state index contributed by atoms with van der Waals surface area (Å²) < 4.78 is 23.2. The van der Waals surface area contributed by atoms with Crippen LogP contribution in [0.3, 0.4) is 0 Å². The smallest absolute Gasteiger partial charge is 0.287 e. The molecule has 6 nitrogen and oxygen atoms in total. The summed E-state index contributed by atoms with van der Waals surface area (Å²) in [6, 6.07) is 22.7. The molecule has 0 fully saturated rings. The van der Waals surface area contributed by atoms with Gasteiger partial charge in [-0.15, -0.1) is 0 Å². The molecular formula is C25H21NO5. The first-order valence-electron chi connectivity index (χ1n) is 10.1. The minimum Gasteiger partial charge on any atom is -0.489 e. The van der Waals surface area contributed by atoms with E-state index in [1.807, 2.05) is 72.8 Å². The van der Waals surface area contributed by atoms with Crippen LogP contribution in [0.4, 0.5) is 0 Å². The van der Waals surface area contributed by atoms with Gasteiger partial charge in [-0.1, -0.05) is 48.5 Å². The quantitative estimate of drug-likeness (QED) is 0.494. The van der Waals surface area contributed by atoms with Gasteiger partial charge in [-0.25, -0.2) is 0 Å². The number of nitrogens with one attached hydrogen (secondary N) is 1. The highest BCUT2D eigenvalue weighted by molar-refractivity contribution is 5.99. The highest BCUT2D eigenvalue weighted by Gasteiger charge is 2.22. The zero-order valence-electron chi connectivity index (χ0n) is 16.8. The highest BCUT2D eigenvalue weighted by Crippen LogP contribution is 2.33. The molecule has 3 aromatic carbocycles. The van der Waals surface area contributed by atoms with Crippen LogP contribution in [0.2, 0.25) is 0 Å². The van der Waals surface area contributed by atoms with Crippen molar-refractivity contribution in [2.24, 2.45) is 0 Å². The van der Waals surface area contributed by atoms with E-state index in [9.17, 15) is 4.79 Å². The van der Waals surface area contributed by atoms with Gasteiger partial charge in [-0.2, -0.15) is 0 Å². The molecule has 156 valence electrons. The minimum absolute atomic E-state index is 0.224. The van der Waals surface area contributed by atoms with Crippen molar-refractivity contribution in [3.8, 4) is 17.2 Å². The summed E-state index contributed by atoms with van der Waals surface area (Å²) in [5.74, 6) is 2.04. The number of furan rings is 1. The van der Waals surface area contributed by atoms with Gasteiger partial charge in [0.2, 0.25) is 0 Å². The molecule has 0 saturated heterocycles. The molecule has 0 unspecified atom stereocenters. The number of hydrogen-bond acceptors (Lipinski definition) is 5. The molecule has 0 spiro atoms. The van der Waals surface area contributed by atoms with Crippen LogP contribution >= 0.6 is 0 Å². The van der Waals surface area contributed by atoms with Gasteiger partial charge in [0.25, 0.3) is 5.91 Å². The van der Waals surface area contributed by atoms with Crippen molar-refractivity contribution in [1.82, 2.24) is 5.32 Å². The van der Waals surface area contributed by atoms with Crippen LogP contribution in [-0.4, -0.2) is 19.1 Å². The van der Waals surface area contributed by atoms with Gasteiger partial charge in [0, 0.05) is 23.1 Å². The Labute approximate surface area is 179 Å². The first kappa shape index (κ1) is 19.1. The van der Waals surface area contributed by atoms with E-state index >= 15 is 0 Å². The molecule has 1 aromatic heterocycles. The number of amides is 1. The second kappa shape index (κ2) is 8.44. The first-order valence-corrected chi connectivity index (χ1v) is 10.1. The van der Waals surface area contributed by atoms with E-state index in [-0.39, 0.29) is 18.3 Å². The third-order valence-electron chi connectivity index (χ3n) is 5.12. The summed E-state index contributed by atoms with van der Waals surface area (Å²) in [5.41, 5.74) is 2.21. The molecule has 1 aliphatic rings. The van der Waals surface area contributed by atoms with Gasteiger partial charge in [0.05, 0.1) is 0 Å². The lowest BCUT2D eigenvalue weighted by Crippen LogP contribution is -2.25. The van der Waals surface area contributed by atoms with Gasteiger partial charge in [0.15, 0.2) is 17.3 Å². The molecule has 31 heavy (non-hydrogen) atoms. The summed E-state index contributed by atoms with van der Waals surface area (Å²) >= 11 is 0. The monoisotopic (exact) mass is 415 g/mol.